The summed E-state index contributed by atoms with van der Waals surface area (Å²) in [5.74, 6) is -0.995. The van der Waals surface area contributed by atoms with Gasteiger partial charge in [0.15, 0.2) is 0 Å². The van der Waals surface area contributed by atoms with Crippen molar-refractivity contribution in [1.29, 1.82) is 0 Å². The lowest BCUT2D eigenvalue weighted by atomic mass is 9.51. The molecule has 0 amide bonds. The van der Waals surface area contributed by atoms with E-state index in [4.69, 9.17) is 21.1 Å². The Labute approximate surface area is 429 Å². The second-order valence-electron chi connectivity index (χ2n) is 26.7. The maximum Gasteiger partial charge on any atom is 0.355 e. The van der Waals surface area contributed by atoms with Crippen LogP contribution < -0.4 is 4.90 Å². The molecular formula is C72H10ClNO4. The van der Waals surface area contributed by atoms with Crippen LogP contribution in [0, 0.1) is 0 Å². The molecule has 0 saturated heterocycles. The van der Waals surface area contributed by atoms with E-state index in [1.54, 1.807) is 32.3 Å². The predicted octanol–water partition coefficient (Wildman–Crippen LogP) is 18.0. The summed E-state index contributed by atoms with van der Waals surface area (Å²) in [6.07, 6.45) is 0. The molecule has 29 aromatic carbocycles. The van der Waals surface area contributed by atoms with Crippen LogP contribution in [-0.2, 0) is 30.0 Å². The molecule has 0 bridgehead atoms. The van der Waals surface area contributed by atoms with Crippen LogP contribution in [0.4, 0.5) is 5.69 Å². The van der Waals surface area contributed by atoms with Gasteiger partial charge in [-0.2, -0.15) is 0 Å². The van der Waals surface area contributed by atoms with Crippen LogP contribution in [0.2, 0.25) is 5.02 Å². The molecule has 0 atom stereocenters. The fourth-order valence-electron chi connectivity index (χ4n) is 26.0. The molecule has 1 aliphatic heterocycles. The van der Waals surface area contributed by atoms with Gasteiger partial charge in [0, 0.05) is 21.8 Å². The summed E-state index contributed by atoms with van der Waals surface area (Å²) >= 11 is 6.97. The summed E-state index contributed by atoms with van der Waals surface area (Å²) in [6.45, 7) is 0. The Morgan fingerprint density at radius 1 is 0.308 bits per heavy atom. The average Bonchev–Trinajstić information content (AvgIpc) is 1.76. The van der Waals surface area contributed by atoms with E-state index in [1.165, 1.54) is 295 Å². The molecule has 334 valence electrons. The lowest BCUT2D eigenvalue weighted by Crippen LogP contribution is -2.58. The summed E-state index contributed by atoms with van der Waals surface area (Å²) in [5.41, 5.74) is 4.14. The quantitative estimate of drug-likeness (QED) is 0.130. The third kappa shape index (κ3) is 1.70. The molecule has 5 aliphatic rings. The summed E-state index contributed by atoms with van der Waals surface area (Å²) in [7, 11) is 3.03. The van der Waals surface area contributed by atoms with Gasteiger partial charge in [0.25, 0.3) is 0 Å². The van der Waals surface area contributed by atoms with Gasteiger partial charge in [-0.05, 0) is 326 Å². The zero-order valence-corrected chi connectivity index (χ0v) is 40.5. The zero-order chi connectivity index (χ0) is 47.8. The van der Waals surface area contributed by atoms with Crippen molar-refractivity contribution < 1.29 is 19.1 Å². The Morgan fingerprint density at radius 3 is 0.731 bits per heavy atom. The van der Waals surface area contributed by atoms with Gasteiger partial charge in [0.1, 0.15) is 11.2 Å². The van der Waals surface area contributed by atoms with Crippen LogP contribution in [0.3, 0.4) is 0 Å². The highest BCUT2D eigenvalue weighted by Gasteiger charge is 2.79. The highest BCUT2D eigenvalue weighted by atomic mass is 35.5. The van der Waals surface area contributed by atoms with Crippen LogP contribution in [0.15, 0.2) is 35.5 Å². The van der Waals surface area contributed by atoms with Crippen molar-refractivity contribution in [3.8, 4) is 0 Å². The van der Waals surface area contributed by atoms with Crippen LogP contribution in [0.1, 0.15) is 22.3 Å². The minimum Gasteiger partial charge on any atom is -0.466 e. The van der Waals surface area contributed by atoms with E-state index in [2.05, 4.69) is 17.0 Å². The summed E-state index contributed by atoms with van der Waals surface area (Å²) in [4.78, 5) is 34.9. The first-order chi connectivity index (χ1) is 38.6. The van der Waals surface area contributed by atoms with E-state index in [1.807, 2.05) is 12.1 Å². The molecule has 0 radical (unpaired) electrons. The lowest BCUT2D eigenvalue weighted by Gasteiger charge is -2.54. The first-order valence-corrected chi connectivity index (χ1v) is 28.2. The van der Waals surface area contributed by atoms with Crippen molar-refractivity contribution in [2.45, 2.75) is 11.0 Å². The number of esters is 2. The van der Waals surface area contributed by atoms with Crippen molar-refractivity contribution in [1.82, 2.24) is 0 Å². The Bertz CT molecular complexity index is 7670. The van der Waals surface area contributed by atoms with Gasteiger partial charge in [0.2, 0.25) is 0 Å². The number of hydrogen-bond donors (Lipinski definition) is 0. The van der Waals surface area contributed by atoms with E-state index in [0.29, 0.717) is 10.6 Å². The largest absolute Gasteiger partial charge is 0.466 e. The molecule has 34 rings (SSSR count). The van der Waals surface area contributed by atoms with Crippen LogP contribution in [0.25, 0.3) is 291 Å². The summed E-state index contributed by atoms with van der Waals surface area (Å²) in [6, 6.07) is 8.15. The molecule has 6 heteroatoms. The minimum absolute atomic E-state index is 0.279. The Balaban J connectivity index is 1.13. The monoisotopic (exact) mass is 987 g/mol. The van der Waals surface area contributed by atoms with Gasteiger partial charge in [-0.25, -0.2) is 9.59 Å². The molecule has 78 heavy (non-hydrogen) atoms. The Kier molecular flexibility index (Phi) is 2.85. The number of carbonyl (C=O) groups excluding carboxylic acids is 2. The van der Waals surface area contributed by atoms with Gasteiger partial charge in [-0.15, -0.1) is 0 Å². The fourth-order valence-corrected chi connectivity index (χ4v) is 26.2. The lowest BCUT2D eigenvalue weighted by molar-refractivity contribution is -0.139. The second-order valence-corrected chi connectivity index (χ2v) is 27.2. The second kappa shape index (κ2) is 7.20. The third-order valence-electron chi connectivity index (χ3n) is 26.3. The summed E-state index contributed by atoms with van der Waals surface area (Å²) in [5, 5.41) is 79.6. The predicted molar refractivity (Wildman–Crippen MR) is 319 cm³/mol. The van der Waals surface area contributed by atoms with E-state index in [-0.39, 0.29) is 5.70 Å². The minimum atomic E-state index is -1.24. The number of rotatable bonds is 3. The number of carbonyl (C=O) groups is 2. The van der Waals surface area contributed by atoms with Gasteiger partial charge in [-0.1, -0.05) is 11.6 Å². The third-order valence-corrected chi connectivity index (χ3v) is 26.5. The zero-order valence-electron chi connectivity index (χ0n) is 39.8. The van der Waals surface area contributed by atoms with E-state index in [0.717, 1.165) is 5.69 Å². The van der Waals surface area contributed by atoms with E-state index >= 15 is 9.59 Å². The number of ether oxygens (including phenoxy) is 2. The number of benzene rings is 19. The Hall–Kier alpha value is -9.55. The van der Waals surface area contributed by atoms with Crippen LogP contribution in [0.5, 0.6) is 0 Å². The molecule has 1 heterocycles. The van der Waals surface area contributed by atoms with Crippen LogP contribution in [-0.4, -0.2) is 26.2 Å². The molecular weight excluding hydrogens is 978 g/mol. The maximum atomic E-state index is 16.5. The normalized spacial score (nSPS) is 21.4. The highest BCUT2D eigenvalue weighted by molar-refractivity contribution is 6.82. The topological polar surface area (TPSA) is 55.8 Å². The number of methoxy groups -OCH3 is 2. The number of hydrogen-bond acceptors (Lipinski definition) is 5. The molecule has 0 N–H and O–H groups in total. The van der Waals surface area contributed by atoms with Crippen molar-refractivity contribution >= 4 is 320 Å². The molecule has 0 aromatic heterocycles. The van der Waals surface area contributed by atoms with Crippen LogP contribution >= 0.6 is 11.6 Å². The fraction of sp³-hybridized carbons (Fsp3) is 0.0556. The Morgan fingerprint density at radius 2 is 0.513 bits per heavy atom. The first-order valence-electron chi connectivity index (χ1n) is 27.8. The molecule has 4 aliphatic carbocycles. The highest BCUT2D eigenvalue weighted by Crippen LogP contribution is 2.87. The van der Waals surface area contributed by atoms with Crippen molar-refractivity contribution in [3.63, 3.8) is 0 Å². The van der Waals surface area contributed by atoms with Gasteiger partial charge in [-0.3, -0.25) is 0 Å². The van der Waals surface area contributed by atoms with E-state index in [9.17, 15) is 0 Å². The summed E-state index contributed by atoms with van der Waals surface area (Å²) < 4.78 is 12.5. The van der Waals surface area contributed by atoms with Gasteiger partial charge >= 0.3 is 11.9 Å². The molecule has 0 unspecified atom stereocenters. The van der Waals surface area contributed by atoms with Crippen molar-refractivity contribution in [2.75, 3.05) is 19.1 Å². The average molecular weight is 988 g/mol. The molecule has 29 aromatic rings. The standard InChI is InChI=1S/C72H10ClNO4/c1-77-69(75)67-68(70(76)78-2)74(8-5-3-7(73)4-6-8)72-65-59-53-43-31-23-15-11-9-10-13-17(15)25(31)35-29-21(13)22-14(10)18-16-12(9)20-19(11)27-33(23)41-47-37(27)38-28(20)34-24(16)32-26(18)36-30(22)40-39(29)51(45(35)53)61(65)62-52(40)46(36)54-44(32)50-42(34)48(38)56-55(47)63(57(59)49(41)43)71(67,72)64(56)58(50)60(54)66(62)72/h3-6H,1-2H3. The van der Waals surface area contributed by atoms with Gasteiger partial charge in [0.05, 0.1) is 25.2 Å². The number of halogens is 1. The van der Waals surface area contributed by atoms with Crippen molar-refractivity contribution in [2.24, 2.45) is 0 Å². The van der Waals surface area contributed by atoms with E-state index < -0.39 is 22.9 Å². The maximum absolute atomic E-state index is 16.5. The first kappa shape index (κ1) is 30.9. The number of anilines is 1. The van der Waals surface area contributed by atoms with Gasteiger partial charge < -0.3 is 14.4 Å². The molecule has 2 spiro atoms. The van der Waals surface area contributed by atoms with Crippen molar-refractivity contribution in [3.05, 3.63) is 62.8 Å². The molecule has 5 nitrogen and oxygen atoms in total. The SMILES string of the molecule is COC(=O)C1=C(C(=O)OC)C23c4c5c6c7c8c9c(c%10c%11c2c2c4c4c%12c5c5c6c6c8c8c%13c9c9c%10c%10c%11c%11c2c2c4c4c%12c%12c5c5c6c8c6c8c%13c9c9c%10c%10c%11c2c2c4c4c%12c5c6c5c8c9c%10c2c45)C73N1c1ccc(Cl)cc1. The number of nitrogens with zero attached hydrogens (tertiary/aromatic N) is 1. The molecule has 0 saturated carbocycles. The molecule has 0 fully saturated rings. The smallest absolute Gasteiger partial charge is 0.355 e.